The van der Waals surface area contributed by atoms with Crippen LogP contribution in [-0.4, -0.2) is 13.3 Å². The topological polar surface area (TPSA) is 21.6 Å². The van der Waals surface area contributed by atoms with Crippen molar-refractivity contribution in [2.75, 3.05) is 6.61 Å². The third kappa shape index (κ3) is 3.92. The second-order valence-electron chi connectivity index (χ2n) is 2.54. The SMILES string of the molecule is C=NOC/C=C(/C)C#Cc1cccs1. The second kappa shape index (κ2) is 6.01. The Hall–Kier alpha value is -1.53. The van der Waals surface area contributed by atoms with Crippen LogP contribution in [0, 0.1) is 11.8 Å². The number of thiophene rings is 1. The fraction of sp³-hybridized carbons (Fsp3) is 0.182. The summed E-state index contributed by atoms with van der Waals surface area (Å²) in [6, 6.07) is 3.98. The normalized spacial score (nSPS) is 10.2. The number of hydrogen-bond donors (Lipinski definition) is 0. The molecule has 0 atom stereocenters. The minimum atomic E-state index is 0.425. The molecule has 0 aliphatic rings. The molecule has 0 saturated carbocycles. The molecule has 0 amide bonds. The molecule has 1 heterocycles. The average molecular weight is 205 g/mol. The van der Waals surface area contributed by atoms with Gasteiger partial charge in [-0.15, -0.1) is 16.5 Å². The van der Waals surface area contributed by atoms with Crippen LogP contribution < -0.4 is 0 Å². The fourth-order valence-electron chi connectivity index (χ4n) is 0.776. The van der Waals surface area contributed by atoms with Gasteiger partial charge >= 0.3 is 0 Å². The molecule has 0 unspecified atom stereocenters. The summed E-state index contributed by atoms with van der Waals surface area (Å²) in [6.45, 7) is 5.57. The predicted octanol–water partition coefficient (Wildman–Crippen LogP) is 2.68. The van der Waals surface area contributed by atoms with Crippen molar-refractivity contribution in [1.82, 2.24) is 0 Å². The standard InChI is InChI=1S/C11H11NOS/c1-10(7-8-13-12-2)5-6-11-4-3-9-14-11/h3-4,7,9H,2,8H2,1H3/b10-7-. The lowest BCUT2D eigenvalue weighted by atomic mass is 10.3. The number of allylic oxidation sites excluding steroid dienone is 1. The molecule has 0 radical (unpaired) electrons. The van der Waals surface area contributed by atoms with Crippen molar-refractivity contribution in [3.05, 3.63) is 34.0 Å². The summed E-state index contributed by atoms with van der Waals surface area (Å²) in [6.07, 6.45) is 1.87. The van der Waals surface area contributed by atoms with Crippen molar-refractivity contribution in [3.8, 4) is 11.8 Å². The van der Waals surface area contributed by atoms with E-state index in [0.29, 0.717) is 6.61 Å². The van der Waals surface area contributed by atoms with Gasteiger partial charge in [0.15, 0.2) is 0 Å². The first-order valence-electron chi connectivity index (χ1n) is 4.13. The Morgan fingerprint density at radius 3 is 3.29 bits per heavy atom. The average Bonchev–Trinajstić information content (AvgIpc) is 2.68. The zero-order valence-corrected chi connectivity index (χ0v) is 8.80. The van der Waals surface area contributed by atoms with E-state index < -0.39 is 0 Å². The van der Waals surface area contributed by atoms with Crippen molar-refractivity contribution in [2.24, 2.45) is 5.16 Å². The van der Waals surface area contributed by atoms with Gasteiger partial charge in [0.05, 0.1) is 4.88 Å². The molecule has 0 N–H and O–H groups in total. The molecule has 1 aromatic heterocycles. The van der Waals surface area contributed by atoms with Crippen LogP contribution >= 0.6 is 11.3 Å². The van der Waals surface area contributed by atoms with Gasteiger partial charge in [0.25, 0.3) is 0 Å². The Morgan fingerprint density at radius 2 is 2.64 bits per heavy atom. The Kier molecular flexibility index (Phi) is 4.53. The van der Waals surface area contributed by atoms with Crippen LogP contribution in [0.4, 0.5) is 0 Å². The van der Waals surface area contributed by atoms with Gasteiger partial charge in [-0.2, -0.15) is 0 Å². The molecule has 2 nitrogen and oxygen atoms in total. The molecule has 3 heteroatoms. The first kappa shape index (κ1) is 10.6. The van der Waals surface area contributed by atoms with Crippen molar-refractivity contribution in [2.45, 2.75) is 6.92 Å². The van der Waals surface area contributed by atoms with E-state index in [1.807, 2.05) is 30.5 Å². The Bertz CT molecular complexity index is 368. The lowest BCUT2D eigenvalue weighted by Gasteiger charge is -1.90. The smallest absolute Gasteiger partial charge is 0.136 e. The van der Waals surface area contributed by atoms with Gasteiger partial charge in [-0.1, -0.05) is 17.9 Å². The maximum atomic E-state index is 4.71. The van der Waals surface area contributed by atoms with Crippen LogP contribution in [0.15, 0.2) is 34.3 Å². The summed E-state index contributed by atoms with van der Waals surface area (Å²) < 4.78 is 0. The Labute approximate surface area is 87.9 Å². The van der Waals surface area contributed by atoms with E-state index in [0.717, 1.165) is 10.5 Å². The van der Waals surface area contributed by atoms with Crippen molar-refractivity contribution < 1.29 is 4.84 Å². The summed E-state index contributed by atoms with van der Waals surface area (Å²) in [5.41, 5.74) is 0.974. The van der Waals surface area contributed by atoms with Gasteiger partial charge < -0.3 is 4.84 Å². The van der Waals surface area contributed by atoms with Crippen LogP contribution in [-0.2, 0) is 4.84 Å². The highest BCUT2D eigenvalue weighted by atomic mass is 32.1. The summed E-state index contributed by atoms with van der Waals surface area (Å²) in [5, 5.41) is 5.28. The van der Waals surface area contributed by atoms with Gasteiger partial charge in [0, 0.05) is 6.72 Å². The molecular formula is C11H11NOS. The van der Waals surface area contributed by atoms with E-state index in [9.17, 15) is 0 Å². The van der Waals surface area contributed by atoms with E-state index in [1.54, 1.807) is 11.3 Å². The largest absolute Gasteiger partial charge is 0.392 e. The maximum Gasteiger partial charge on any atom is 0.136 e. The zero-order valence-electron chi connectivity index (χ0n) is 7.99. The van der Waals surface area contributed by atoms with Gasteiger partial charge in [0.1, 0.15) is 6.61 Å². The van der Waals surface area contributed by atoms with E-state index in [4.69, 9.17) is 4.84 Å². The highest BCUT2D eigenvalue weighted by molar-refractivity contribution is 7.10. The molecule has 0 saturated heterocycles. The summed E-state index contributed by atoms with van der Waals surface area (Å²) in [4.78, 5) is 5.78. The third-order valence-electron chi connectivity index (χ3n) is 1.46. The van der Waals surface area contributed by atoms with Crippen LogP contribution in [0.25, 0.3) is 0 Å². The summed E-state index contributed by atoms with van der Waals surface area (Å²) in [7, 11) is 0. The van der Waals surface area contributed by atoms with Gasteiger partial charge in [-0.3, -0.25) is 0 Å². The molecule has 0 bridgehead atoms. The van der Waals surface area contributed by atoms with Crippen LogP contribution in [0.5, 0.6) is 0 Å². The lowest BCUT2D eigenvalue weighted by Crippen LogP contribution is -1.82. The van der Waals surface area contributed by atoms with Crippen LogP contribution in [0.1, 0.15) is 11.8 Å². The van der Waals surface area contributed by atoms with E-state index in [-0.39, 0.29) is 0 Å². The van der Waals surface area contributed by atoms with Gasteiger partial charge in [0.2, 0.25) is 0 Å². The first-order valence-corrected chi connectivity index (χ1v) is 5.01. The molecule has 1 aromatic rings. The molecule has 14 heavy (non-hydrogen) atoms. The fourth-order valence-corrected chi connectivity index (χ4v) is 1.35. The van der Waals surface area contributed by atoms with Crippen LogP contribution in [0.2, 0.25) is 0 Å². The predicted molar refractivity (Wildman–Crippen MR) is 60.5 cm³/mol. The van der Waals surface area contributed by atoms with E-state index in [2.05, 4.69) is 23.7 Å². The van der Waals surface area contributed by atoms with Gasteiger partial charge in [-0.05, 0) is 30.0 Å². The number of hydrogen-bond acceptors (Lipinski definition) is 3. The highest BCUT2D eigenvalue weighted by Crippen LogP contribution is 2.06. The Balaban J connectivity index is 2.50. The minimum Gasteiger partial charge on any atom is -0.392 e. The van der Waals surface area contributed by atoms with Gasteiger partial charge in [-0.25, -0.2) is 0 Å². The third-order valence-corrected chi connectivity index (χ3v) is 2.24. The molecule has 72 valence electrons. The monoisotopic (exact) mass is 205 g/mol. The first-order chi connectivity index (χ1) is 6.83. The van der Waals surface area contributed by atoms with E-state index in [1.165, 1.54) is 0 Å². The van der Waals surface area contributed by atoms with E-state index >= 15 is 0 Å². The highest BCUT2D eigenvalue weighted by Gasteiger charge is 1.85. The molecular weight excluding hydrogens is 194 g/mol. The molecule has 1 rings (SSSR count). The van der Waals surface area contributed by atoms with Crippen molar-refractivity contribution in [3.63, 3.8) is 0 Å². The number of oxime groups is 1. The summed E-state index contributed by atoms with van der Waals surface area (Å²) >= 11 is 1.63. The Morgan fingerprint density at radius 1 is 1.79 bits per heavy atom. The molecule has 0 aliphatic carbocycles. The van der Waals surface area contributed by atoms with Crippen molar-refractivity contribution in [1.29, 1.82) is 0 Å². The molecule has 0 fully saturated rings. The molecule has 0 aliphatic heterocycles. The molecule has 0 spiro atoms. The molecule has 0 aromatic carbocycles. The van der Waals surface area contributed by atoms with Crippen molar-refractivity contribution >= 4 is 18.1 Å². The van der Waals surface area contributed by atoms with Crippen LogP contribution in [0.3, 0.4) is 0 Å². The number of nitrogens with zero attached hydrogens (tertiary/aromatic N) is 1. The quantitative estimate of drug-likeness (QED) is 0.322. The number of rotatable bonds is 3. The maximum absolute atomic E-state index is 4.71. The lowest BCUT2D eigenvalue weighted by molar-refractivity contribution is 0.177. The minimum absolute atomic E-state index is 0.425. The zero-order chi connectivity index (χ0) is 10.2. The summed E-state index contributed by atoms with van der Waals surface area (Å²) in [5.74, 6) is 6.07. The second-order valence-corrected chi connectivity index (χ2v) is 3.49.